The Hall–Kier alpha value is -2.76. The number of nitrogens with one attached hydrogen (secondary N) is 1. The normalized spacial score (nSPS) is 10.3. The van der Waals surface area contributed by atoms with Crippen molar-refractivity contribution in [3.8, 4) is 27.7 Å². The van der Waals surface area contributed by atoms with Crippen molar-refractivity contribution in [2.24, 2.45) is 5.11 Å². The van der Waals surface area contributed by atoms with E-state index in [1.165, 1.54) is 0 Å². The van der Waals surface area contributed by atoms with E-state index in [1.54, 1.807) is 18.4 Å². The number of aromatic amines is 1. The van der Waals surface area contributed by atoms with E-state index in [0.717, 1.165) is 33.4 Å². The summed E-state index contributed by atoms with van der Waals surface area (Å²) >= 11 is 1.63. The predicted molar refractivity (Wildman–Crippen MR) is 91.6 cm³/mol. The number of aromatic nitrogens is 2. The largest absolute Gasteiger partial charge is 0.497 e. The minimum Gasteiger partial charge on any atom is -0.497 e. The first-order chi connectivity index (χ1) is 11.3. The number of methoxy groups -OCH3 is 1. The molecule has 3 aromatic rings. The summed E-state index contributed by atoms with van der Waals surface area (Å²) in [6, 6.07) is 11.8. The van der Waals surface area contributed by atoms with Gasteiger partial charge in [-0.25, -0.2) is 4.98 Å². The Morgan fingerprint density at radius 2 is 2.13 bits per heavy atom. The molecule has 116 valence electrons. The van der Waals surface area contributed by atoms with Crippen LogP contribution in [0.4, 0.5) is 0 Å². The highest BCUT2D eigenvalue weighted by molar-refractivity contribution is 7.13. The first-order valence-corrected chi connectivity index (χ1v) is 7.98. The Balaban J connectivity index is 1.99. The third kappa shape index (κ3) is 3.36. The van der Waals surface area contributed by atoms with Crippen molar-refractivity contribution in [2.75, 3.05) is 13.7 Å². The molecule has 0 unspecified atom stereocenters. The van der Waals surface area contributed by atoms with Crippen LogP contribution in [0.25, 0.3) is 32.4 Å². The van der Waals surface area contributed by atoms with Gasteiger partial charge in [-0.1, -0.05) is 11.2 Å². The molecule has 0 spiro atoms. The number of ether oxygens (including phenoxy) is 1. The van der Waals surface area contributed by atoms with Crippen LogP contribution in [0.1, 0.15) is 5.69 Å². The van der Waals surface area contributed by atoms with E-state index < -0.39 is 0 Å². The SMILES string of the molecule is COc1ccc(-c2nc(-c3cccs3)[nH]c2CCN=[N+]=[N-])cc1. The maximum atomic E-state index is 8.46. The average molecular weight is 325 g/mol. The van der Waals surface area contributed by atoms with Crippen molar-refractivity contribution >= 4 is 11.3 Å². The van der Waals surface area contributed by atoms with E-state index in [2.05, 4.69) is 15.0 Å². The molecule has 0 aliphatic rings. The molecule has 2 aromatic heterocycles. The van der Waals surface area contributed by atoms with Gasteiger partial charge in [-0.3, -0.25) is 0 Å². The number of H-pyrrole nitrogens is 1. The number of imidazole rings is 1. The summed E-state index contributed by atoms with van der Waals surface area (Å²) in [4.78, 5) is 12.0. The number of rotatable bonds is 6. The van der Waals surface area contributed by atoms with Crippen LogP contribution in [-0.4, -0.2) is 23.6 Å². The predicted octanol–water partition coefficient (Wildman–Crippen LogP) is 4.67. The Kier molecular flexibility index (Phi) is 4.61. The fraction of sp³-hybridized carbons (Fsp3) is 0.188. The van der Waals surface area contributed by atoms with Gasteiger partial charge in [-0.05, 0) is 47.7 Å². The Morgan fingerprint density at radius 3 is 2.78 bits per heavy atom. The lowest BCUT2D eigenvalue weighted by molar-refractivity contribution is 0.415. The van der Waals surface area contributed by atoms with E-state index >= 15 is 0 Å². The molecule has 7 heteroatoms. The molecule has 0 saturated heterocycles. The quantitative estimate of drug-likeness (QED) is 0.405. The van der Waals surface area contributed by atoms with Crippen molar-refractivity contribution in [2.45, 2.75) is 6.42 Å². The van der Waals surface area contributed by atoms with Gasteiger partial charge in [-0.2, -0.15) is 0 Å². The van der Waals surface area contributed by atoms with Crippen LogP contribution in [0.5, 0.6) is 5.75 Å². The molecular weight excluding hydrogens is 310 g/mol. The van der Waals surface area contributed by atoms with Gasteiger partial charge in [0.25, 0.3) is 0 Å². The average Bonchev–Trinajstić information content (AvgIpc) is 3.25. The minimum atomic E-state index is 0.395. The zero-order valence-corrected chi connectivity index (χ0v) is 13.4. The molecule has 2 heterocycles. The first kappa shape index (κ1) is 15.1. The molecule has 0 aliphatic carbocycles. The molecule has 0 fully saturated rings. The van der Waals surface area contributed by atoms with Crippen LogP contribution >= 0.6 is 11.3 Å². The second kappa shape index (κ2) is 7.00. The zero-order valence-electron chi connectivity index (χ0n) is 12.6. The summed E-state index contributed by atoms with van der Waals surface area (Å²) in [7, 11) is 1.64. The topological polar surface area (TPSA) is 86.7 Å². The lowest BCUT2D eigenvalue weighted by Crippen LogP contribution is -1.92. The molecular formula is C16H15N5OS. The van der Waals surface area contributed by atoms with Crippen LogP contribution in [0.15, 0.2) is 46.9 Å². The Labute approximate surface area is 137 Å². The molecule has 1 N–H and O–H groups in total. The van der Waals surface area contributed by atoms with Gasteiger partial charge in [-0.15, -0.1) is 11.3 Å². The molecule has 0 bridgehead atoms. The van der Waals surface area contributed by atoms with Gasteiger partial charge in [0.05, 0.1) is 17.7 Å². The summed E-state index contributed by atoms with van der Waals surface area (Å²) in [6.45, 7) is 0.395. The summed E-state index contributed by atoms with van der Waals surface area (Å²) in [5.41, 5.74) is 11.3. The lowest BCUT2D eigenvalue weighted by atomic mass is 10.1. The number of azide groups is 1. The number of thiophene rings is 1. The molecule has 3 rings (SSSR count). The van der Waals surface area contributed by atoms with E-state index in [-0.39, 0.29) is 0 Å². The monoisotopic (exact) mass is 325 g/mol. The van der Waals surface area contributed by atoms with Crippen molar-refractivity contribution in [1.29, 1.82) is 0 Å². The summed E-state index contributed by atoms with van der Waals surface area (Å²) in [5, 5.41) is 5.64. The maximum Gasteiger partial charge on any atom is 0.148 e. The van der Waals surface area contributed by atoms with Crippen LogP contribution in [0, 0.1) is 0 Å². The van der Waals surface area contributed by atoms with Crippen LogP contribution in [0.2, 0.25) is 0 Å². The Bertz CT molecular complexity index is 817. The third-order valence-electron chi connectivity index (χ3n) is 3.42. The van der Waals surface area contributed by atoms with Gasteiger partial charge in [0.1, 0.15) is 11.6 Å². The van der Waals surface area contributed by atoms with Crippen molar-refractivity contribution in [3.05, 3.63) is 57.9 Å². The molecule has 1 aromatic carbocycles. The van der Waals surface area contributed by atoms with Gasteiger partial charge in [0.2, 0.25) is 0 Å². The molecule has 0 amide bonds. The van der Waals surface area contributed by atoms with E-state index in [1.807, 2.05) is 41.8 Å². The van der Waals surface area contributed by atoms with Gasteiger partial charge in [0.15, 0.2) is 0 Å². The molecule has 0 radical (unpaired) electrons. The highest BCUT2D eigenvalue weighted by atomic mass is 32.1. The highest BCUT2D eigenvalue weighted by Gasteiger charge is 2.13. The molecule has 0 saturated carbocycles. The maximum absolute atomic E-state index is 8.46. The first-order valence-electron chi connectivity index (χ1n) is 7.10. The number of benzene rings is 1. The second-order valence-electron chi connectivity index (χ2n) is 4.82. The van der Waals surface area contributed by atoms with Gasteiger partial charge >= 0.3 is 0 Å². The smallest absolute Gasteiger partial charge is 0.148 e. The molecule has 0 aliphatic heterocycles. The molecule has 23 heavy (non-hydrogen) atoms. The van der Waals surface area contributed by atoms with Crippen molar-refractivity contribution in [3.63, 3.8) is 0 Å². The van der Waals surface area contributed by atoms with Crippen LogP contribution in [0.3, 0.4) is 0 Å². The molecule has 0 atom stereocenters. The number of hydrogen-bond acceptors (Lipinski definition) is 4. The fourth-order valence-corrected chi connectivity index (χ4v) is 2.98. The van der Waals surface area contributed by atoms with E-state index in [4.69, 9.17) is 15.3 Å². The zero-order chi connectivity index (χ0) is 16.1. The van der Waals surface area contributed by atoms with Crippen LogP contribution in [-0.2, 0) is 6.42 Å². The Morgan fingerprint density at radius 1 is 1.30 bits per heavy atom. The standard InChI is InChI=1S/C16H15N5OS/c1-22-12-6-4-11(5-7-12)15-13(8-9-18-21-17)19-16(20-15)14-3-2-10-23-14/h2-7,10H,8-9H2,1H3,(H,19,20). The summed E-state index contributed by atoms with van der Waals surface area (Å²) in [6.07, 6.45) is 0.615. The van der Waals surface area contributed by atoms with Crippen LogP contribution < -0.4 is 4.74 Å². The summed E-state index contributed by atoms with van der Waals surface area (Å²) < 4.78 is 5.20. The minimum absolute atomic E-state index is 0.395. The van der Waals surface area contributed by atoms with Gasteiger partial charge < -0.3 is 9.72 Å². The van der Waals surface area contributed by atoms with Gasteiger partial charge in [0, 0.05) is 22.7 Å². The van der Waals surface area contributed by atoms with E-state index in [9.17, 15) is 0 Å². The summed E-state index contributed by atoms with van der Waals surface area (Å²) in [5.74, 6) is 1.64. The fourth-order valence-electron chi connectivity index (χ4n) is 2.31. The van der Waals surface area contributed by atoms with Crippen molar-refractivity contribution < 1.29 is 4.74 Å². The molecule has 6 nitrogen and oxygen atoms in total. The number of nitrogens with zero attached hydrogens (tertiary/aromatic N) is 4. The highest BCUT2D eigenvalue weighted by Crippen LogP contribution is 2.29. The number of hydrogen-bond donors (Lipinski definition) is 1. The van der Waals surface area contributed by atoms with E-state index in [0.29, 0.717) is 13.0 Å². The second-order valence-corrected chi connectivity index (χ2v) is 5.77. The van der Waals surface area contributed by atoms with Crippen molar-refractivity contribution in [1.82, 2.24) is 9.97 Å². The third-order valence-corrected chi connectivity index (χ3v) is 4.30. The lowest BCUT2D eigenvalue weighted by Gasteiger charge is -2.03.